The predicted molar refractivity (Wildman–Crippen MR) is 103 cm³/mol. The van der Waals surface area contributed by atoms with E-state index in [0.29, 0.717) is 20.6 Å². The van der Waals surface area contributed by atoms with Crippen LogP contribution in [0.4, 0.5) is 0 Å². The number of ketones is 1. The fourth-order valence-electron chi connectivity index (χ4n) is 2.52. The fraction of sp³-hybridized carbons (Fsp3) is 0.105. The van der Waals surface area contributed by atoms with E-state index in [4.69, 9.17) is 44.1 Å². The molecule has 5 nitrogen and oxygen atoms in total. The molecule has 0 saturated heterocycles. The maximum atomic E-state index is 12.8. The zero-order chi connectivity index (χ0) is 19.7. The normalized spacial score (nSPS) is 10.7. The van der Waals surface area contributed by atoms with Gasteiger partial charge in [-0.05, 0) is 44.2 Å². The summed E-state index contributed by atoms with van der Waals surface area (Å²) in [7, 11) is 0. The van der Waals surface area contributed by atoms with Gasteiger partial charge in [-0.15, -0.1) is 0 Å². The lowest BCUT2D eigenvalue weighted by Crippen LogP contribution is -2.12. The van der Waals surface area contributed by atoms with Crippen molar-refractivity contribution in [2.75, 3.05) is 0 Å². The number of hydrogen-bond acceptors (Lipinski definition) is 5. The molecular formula is C19H12Cl3NO4. The molecule has 0 radical (unpaired) electrons. The van der Waals surface area contributed by atoms with Crippen LogP contribution in [-0.4, -0.2) is 16.9 Å². The topological polar surface area (TPSA) is 69.4 Å². The van der Waals surface area contributed by atoms with E-state index in [1.54, 1.807) is 25.1 Å². The number of benzene rings is 2. The van der Waals surface area contributed by atoms with Gasteiger partial charge in [0.25, 0.3) is 0 Å². The molecule has 0 unspecified atom stereocenters. The predicted octanol–water partition coefficient (Wildman–Crippen LogP) is 6.03. The van der Waals surface area contributed by atoms with Crippen LogP contribution < -0.4 is 4.74 Å². The number of carbonyl (C=O) groups is 2. The molecule has 0 atom stereocenters. The smallest absolute Gasteiger partial charge is 0.349 e. The minimum absolute atomic E-state index is 0.0643. The lowest BCUT2D eigenvalue weighted by atomic mass is 10.1. The van der Waals surface area contributed by atoms with Crippen molar-refractivity contribution < 1.29 is 18.8 Å². The van der Waals surface area contributed by atoms with E-state index in [1.165, 1.54) is 25.1 Å². The summed E-state index contributed by atoms with van der Waals surface area (Å²) in [6.07, 6.45) is 0. The quantitative estimate of drug-likeness (QED) is 0.290. The molecule has 3 aromatic rings. The molecular weight excluding hydrogens is 413 g/mol. The first-order valence-electron chi connectivity index (χ1n) is 7.73. The summed E-state index contributed by atoms with van der Waals surface area (Å²) in [6.45, 7) is 2.91. The van der Waals surface area contributed by atoms with Crippen molar-refractivity contribution in [1.29, 1.82) is 0 Å². The highest BCUT2D eigenvalue weighted by Crippen LogP contribution is 2.37. The Hall–Kier alpha value is -2.34. The van der Waals surface area contributed by atoms with Crippen LogP contribution in [0.3, 0.4) is 0 Å². The van der Waals surface area contributed by atoms with Crippen LogP contribution in [0.15, 0.2) is 40.9 Å². The zero-order valence-electron chi connectivity index (χ0n) is 14.2. The van der Waals surface area contributed by atoms with E-state index in [1.807, 2.05) is 0 Å². The third-order valence-electron chi connectivity index (χ3n) is 3.79. The van der Waals surface area contributed by atoms with Crippen molar-refractivity contribution in [2.24, 2.45) is 0 Å². The molecule has 0 aliphatic heterocycles. The Kier molecular flexibility index (Phi) is 5.56. The fourth-order valence-corrected chi connectivity index (χ4v) is 3.27. The Bertz CT molecular complexity index is 1040. The van der Waals surface area contributed by atoms with Crippen LogP contribution in [0, 0.1) is 6.92 Å². The summed E-state index contributed by atoms with van der Waals surface area (Å²) in [6, 6.07) is 9.31. The number of aromatic nitrogens is 1. The molecule has 0 bridgehead atoms. The number of aryl methyl sites for hydroxylation is 1. The highest BCUT2D eigenvalue weighted by Gasteiger charge is 2.27. The molecule has 3 rings (SSSR count). The second-order valence-corrected chi connectivity index (χ2v) is 6.90. The molecule has 2 aromatic carbocycles. The molecule has 8 heteroatoms. The van der Waals surface area contributed by atoms with Crippen molar-refractivity contribution in [3.8, 4) is 17.0 Å². The van der Waals surface area contributed by atoms with E-state index in [9.17, 15) is 9.59 Å². The summed E-state index contributed by atoms with van der Waals surface area (Å²) in [5.41, 5.74) is 0.760. The molecule has 138 valence electrons. The molecule has 0 aliphatic rings. The number of hydrogen-bond donors (Lipinski definition) is 0. The van der Waals surface area contributed by atoms with Crippen molar-refractivity contribution in [3.05, 3.63) is 68.4 Å². The highest BCUT2D eigenvalue weighted by atomic mass is 35.5. The molecule has 0 aliphatic carbocycles. The van der Waals surface area contributed by atoms with Gasteiger partial charge in [-0.2, -0.15) is 0 Å². The first kappa shape index (κ1) is 19.4. The van der Waals surface area contributed by atoms with Gasteiger partial charge in [-0.3, -0.25) is 4.79 Å². The third kappa shape index (κ3) is 3.86. The summed E-state index contributed by atoms with van der Waals surface area (Å²) in [5.74, 6) is -0.751. The van der Waals surface area contributed by atoms with Crippen LogP contribution in [0.5, 0.6) is 5.75 Å². The van der Waals surface area contributed by atoms with E-state index in [2.05, 4.69) is 5.16 Å². The van der Waals surface area contributed by atoms with Crippen LogP contribution in [0.2, 0.25) is 15.1 Å². The molecule has 0 fully saturated rings. The first-order chi connectivity index (χ1) is 12.8. The van der Waals surface area contributed by atoms with Gasteiger partial charge in [-0.25, -0.2) is 4.79 Å². The Balaban J connectivity index is 2.06. The minimum atomic E-state index is -0.760. The van der Waals surface area contributed by atoms with Crippen LogP contribution in [0.1, 0.15) is 33.4 Å². The first-order valence-corrected chi connectivity index (χ1v) is 8.86. The van der Waals surface area contributed by atoms with E-state index in [-0.39, 0.29) is 34.1 Å². The standard InChI is InChI=1S/C19H12Cl3NO4/c1-9(24)12-8-11(20)6-7-15(12)26-19(25)16-10(2)27-23-18(16)17-13(21)4-3-5-14(17)22/h3-8H,1-2H3. The Labute approximate surface area is 169 Å². The summed E-state index contributed by atoms with van der Waals surface area (Å²) in [4.78, 5) is 24.6. The molecule has 0 spiro atoms. The average molecular weight is 425 g/mol. The molecule has 27 heavy (non-hydrogen) atoms. The van der Waals surface area contributed by atoms with Gasteiger partial charge in [0.2, 0.25) is 0 Å². The number of halogens is 3. The van der Waals surface area contributed by atoms with E-state index in [0.717, 1.165) is 0 Å². The second kappa shape index (κ2) is 7.72. The van der Waals surface area contributed by atoms with Crippen molar-refractivity contribution >= 4 is 46.6 Å². The van der Waals surface area contributed by atoms with Crippen LogP contribution in [0.25, 0.3) is 11.3 Å². The Morgan fingerprint density at radius 3 is 2.37 bits per heavy atom. The average Bonchev–Trinajstić information content (AvgIpc) is 2.97. The lowest BCUT2D eigenvalue weighted by molar-refractivity contribution is 0.0731. The Morgan fingerprint density at radius 1 is 1.07 bits per heavy atom. The number of esters is 1. The molecule has 0 saturated carbocycles. The van der Waals surface area contributed by atoms with Gasteiger partial charge in [0.1, 0.15) is 22.8 Å². The maximum Gasteiger partial charge on any atom is 0.349 e. The van der Waals surface area contributed by atoms with E-state index < -0.39 is 5.97 Å². The Morgan fingerprint density at radius 2 is 1.74 bits per heavy atom. The van der Waals surface area contributed by atoms with Gasteiger partial charge < -0.3 is 9.26 Å². The molecule has 1 heterocycles. The van der Waals surface area contributed by atoms with Gasteiger partial charge in [-0.1, -0.05) is 46.0 Å². The highest BCUT2D eigenvalue weighted by molar-refractivity contribution is 6.39. The largest absolute Gasteiger partial charge is 0.422 e. The van der Waals surface area contributed by atoms with Crippen molar-refractivity contribution in [1.82, 2.24) is 5.16 Å². The maximum absolute atomic E-state index is 12.8. The number of rotatable bonds is 4. The molecule has 0 amide bonds. The minimum Gasteiger partial charge on any atom is -0.422 e. The SMILES string of the molecule is CC(=O)c1cc(Cl)ccc1OC(=O)c1c(-c2c(Cl)cccc2Cl)noc1C. The molecule has 0 N–H and O–H groups in total. The number of carbonyl (C=O) groups excluding carboxylic acids is 2. The third-order valence-corrected chi connectivity index (χ3v) is 4.66. The summed E-state index contributed by atoms with van der Waals surface area (Å²) in [5, 5.41) is 4.87. The van der Waals surface area contributed by atoms with Crippen molar-refractivity contribution in [2.45, 2.75) is 13.8 Å². The van der Waals surface area contributed by atoms with Gasteiger partial charge in [0.15, 0.2) is 5.78 Å². The van der Waals surface area contributed by atoms with Crippen molar-refractivity contribution in [3.63, 3.8) is 0 Å². The van der Waals surface area contributed by atoms with E-state index >= 15 is 0 Å². The van der Waals surface area contributed by atoms with Gasteiger partial charge in [0.05, 0.1) is 15.6 Å². The number of Topliss-reactive ketones (excluding diaryl/α,β-unsaturated/α-hetero) is 1. The zero-order valence-corrected chi connectivity index (χ0v) is 16.4. The monoisotopic (exact) mass is 423 g/mol. The van der Waals surface area contributed by atoms with Crippen LogP contribution in [-0.2, 0) is 0 Å². The number of ether oxygens (including phenoxy) is 1. The van der Waals surface area contributed by atoms with Gasteiger partial charge in [0, 0.05) is 10.6 Å². The summed E-state index contributed by atoms with van der Waals surface area (Å²) >= 11 is 18.3. The lowest BCUT2D eigenvalue weighted by Gasteiger charge is -2.10. The second-order valence-electron chi connectivity index (χ2n) is 5.65. The van der Waals surface area contributed by atoms with Gasteiger partial charge >= 0.3 is 5.97 Å². The number of nitrogens with zero attached hydrogens (tertiary/aromatic N) is 1. The summed E-state index contributed by atoms with van der Waals surface area (Å²) < 4.78 is 10.6. The van der Waals surface area contributed by atoms with Crippen LogP contribution >= 0.6 is 34.8 Å². The molecule has 1 aromatic heterocycles.